The maximum Gasteiger partial charge on any atom is 0.241 e. The van der Waals surface area contributed by atoms with Gasteiger partial charge in [-0.1, -0.05) is 19.1 Å². The SMILES string of the molecule is CCc1cccc(S(=O)(=O)NCc2nc(C)c(C)o2)c1. The largest absolute Gasteiger partial charge is 0.444 e. The van der Waals surface area contributed by atoms with Crippen LogP contribution in [0.5, 0.6) is 0 Å². The van der Waals surface area contributed by atoms with E-state index < -0.39 is 10.0 Å². The van der Waals surface area contributed by atoms with Crippen molar-refractivity contribution in [3.8, 4) is 0 Å². The van der Waals surface area contributed by atoms with Crippen molar-refractivity contribution in [2.75, 3.05) is 0 Å². The van der Waals surface area contributed by atoms with E-state index in [9.17, 15) is 8.42 Å². The first-order valence-electron chi connectivity index (χ1n) is 6.44. The molecule has 0 aliphatic heterocycles. The molecule has 0 unspecified atom stereocenters. The molecule has 0 amide bonds. The third-order valence-electron chi connectivity index (χ3n) is 3.10. The smallest absolute Gasteiger partial charge is 0.241 e. The van der Waals surface area contributed by atoms with E-state index in [1.54, 1.807) is 25.1 Å². The van der Waals surface area contributed by atoms with E-state index in [0.717, 1.165) is 17.7 Å². The van der Waals surface area contributed by atoms with Crippen molar-refractivity contribution in [1.82, 2.24) is 9.71 Å². The van der Waals surface area contributed by atoms with Gasteiger partial charge in [-0.25, -0.2) is 18.1 Å². The van der Waals surface area contributed by atoms with Crippen molar-refractivity contribution in [2.45, 2.75) is 38.6 Å². The minimum atomic E-state index is -3.54. The van der Waals surface area contributed by atoms with Crippen LogP contribution in [0.15, 0.2) is 33.6 Å². The Balaban J connectivity index is 2.14. The molecule has 1 aromatic carbocycles. The molecule has 1 N–H and O–H groups in total. The molecule has 20 heavy (non-hydrogen) atoms. The lowest BCUT2D eigenvalue weighted by atomic mass is 10.2. The molecule has 0 fully saturated rings. The number of aromatic nitrogens is 1. The number of aryl methyl sites for hydroxylation is 3. The Morgan fingerprint density at radius 1 is 1.30 bits per heavy atom. The third-order valence-corrected chi connectivity index (χ3v) is 4.50. The molecule has 0 atom stereocenters. The zero-order chi connectivity index (χ0) is 14.8. The summed E-state index contributed by atoms with van der Waals surface area (Å²) in [6, 6.07) is 6.90. The summed E-state index contributed by atoms with van der Waals surface area (Å²) in [6.07, 6.45) is 0.793. The summed E-state index contributed by atoms with van der Waals surface area (Å²) in [5.74, 6) is 1.07. The van der Waals surface area contributed by atoms with Crippen LogP contribution in [-0.4, -0.2) is 13.4 Å². The van der Waals surface area contributed by atoms with Crippen LogP contribution in [0, 0.1) is 13.8 Å². The van der Waals surface area contributed by atoms with Crippen LogP contribution in [0.4, 0.5) is 0 Å². The second kappa shape index (κ2) is 5.76. The fourth-order valence-corrected chi connectivity index (χ4v) is 2.83. The molecule has 0 spiro atoms. The first kappa shape index (κ1) is 14.7. The van der Waals surface area contributed by atoms with Gasteiger partial charge in [0, 0.05) is 0 Å². The van der Waals surface area contributed by atoms with Crippen LogP contribution >= 0.6 is 0 Å². The van der Waals surface area contributed by atoms with Crippen molar-refractivity contribution < 1.29 is 12.8 Å². The number of nitrogens with zero attached hydrogens (tertiary/aromatic N) is 1. The van der Waals surface area contributed by atoms with E-state index in [4.69, 9.17) is 4.42 Å². The summed E-state index contributed by atoms with van der Waals surface area (Å²) < 4.78 is 32.2. The molecule has 2 aromatic rings. The van der Waals surface area contributed by atoms with E-state index in [2.05, 4.69) is 9.71 Å². The molecule has 0 radical (unpaired) electrons. The first-order chi connectivity index (χ1) is 9.42. The molecule has 6 heteroatoms. The highest BCUT2D eigenvalue weighted by Crippen LogP contribution is 2.13. The zero-order valence-electron chi connectivity index (χ0n) is 11.8. The molecular weight excluding hydrogens is 276 g/mol. The second-order valence-electron chi connectivity index (χ2n) is 4.57. The lowest BCUT2D eigenvalue weighted by Gasteiger charge is -2.06. The molecule has 5 nitrogen and oxygen atoms in total. The molecule has 0 aliphatic rings. The highest BCUT2D eigenvalue weighted by Gasteiger charge is 2.15. The summed E-state index contributed by atoms with van der Waals surface area (Å²) in [5, 5.41) is 0. The quantitative estimate of drug-likeness (QED) is 0.918. The monoisotopic (exact) mass is 294 g/mol. The Labute approximate surface area is 119 Å². The van der Waals surface area contributed by atoms with Gasteiger partial charge in [-0.15, -0.1) is 0 Å². The van der Waals surface area contributed by atoms with Gasteiger partial charge in [0.15, 0.2) is 0 Å². The van der Waals surface area contributed by atoms with Crippen molar-refractivity contribution in [3.63, 3.8) is 0 Å². The van der Waals surface area contributed by atoms with Gasteiger partial charge in [-0.3, -0.25) is 0 Å². The van der Waals surface area contributed by atoms with Crippen molar-refractivity contribution in [3.05, 3.63) is 47.2 Å². The average molecular weight is 294 g/mol. The first-order valence-corrected chi connectivity index (χ1v) is 7.92. The Hall–Kier alpha value is -1.66. The second-order valence-corrected chi connectivity index (χ2v) is 6.34. The number of oxazole rings is 1. The molecule has 1 heterocycles. The summed E-state index contributed by atoms with van der Waals surface area (Å²) >= 11 is 0. The Morgan fingerprint density at radius 2 is 2.05 bits per heavy atom. The number of benzene rings is 1. The molecule has 108 valence electrons. The number of hydrogen-bond acceptors (Lipinski definition) is 4. The number of sulfonamides is 1. The highest BCUT2D eigenvalue weighted by molar-refractivity contribution is 7.89. The van der Waals surface area contributed by atoms with E-state index in [1.807, 2.05) is 19.9 Å². The van der Waals surface area contributed by atoms with Gasteiger partial charge in [0.2, 0.25) is 15.9 Å². The summed E-state index contributed by atoms with van der Waals surface area (Å²) in [4.78, 5) is 4.41. The predicted octanol–water partition coefficient (Wildman–Crippen LogP) is 2.33. The van der Waals surface area contributed by atoms with Gasteiger partial charge in [-0.2, -0.15) is 0 Å². The van der Waals surface area contributed by atoms with E-state index in [0.29, 0.717) is 11.7 Å². The Morgan fingerprint density at radius 3 is 2.65 bits per heavy atom. The highest BCUT2D eigenvalue weighted by atomic mass is 32.2. The summed E-state index contributed by atoms with van der Waals surface area (Å²) in [6.45, 7) is 5.65. The fraction of sp³-hybridized carbons (Fsp3) is 0.357. The summed E-state index contributed by atoms with van der Waals surface area (Å²) in [7, 11) is -3.54. The minimum absolute atomic E-state index is 0.0490. The molecule has 0 bridgehead atoms. The predicted molar refractivity (Wildman–Crippen MR) is 75.8 cm³/mol. The number of rotatable bonds is 5. The molecule has 0 saturated heterocycles. The topological polar surface area (TPSA) is 72.2 Å². The van der Waals surface area contributed by atoms with Crippen molar-refractivity contribution >= 4 is 10.0 Å². The van der Waals surface area contributed by atoms with E-state index >= 15 is 0 Å². The Kier molecular flexibility index (Phi) is 4.25. The van der Waals surface area contributed by atoms with Crippen molar-refractivity contribution in [2.24, 2.45) is 0 Å². The van der Waals surface area contributed by atoms with Gasteiger partial charge in [-0.05, 0) is 38.0 Å². The van der Waals surface area contributed by atoms with Gasteiger partial charge >= 0.3 is 0 Å². The molecule has 2 rings (SSSR count). The lowest BCUT2D eigenvalue weighted by molar-refractivity contribution is 0.463. The molecule has 0 aliphatic carbocycles. The molecule has 1 aromatic heterocycles. The maximum atomic E-state index is 12.2. The van der Waals surface area contributed by atoms with Gasteiger partial charge in [0.25, 0.3) is 0 Å². The van der Waals surface area contributed by atoms with Gasteiger partial charge in [0.05, 0.1) is 17.1 Å². The normalized spacial score (nSPS) is 11.8. The third kappa shape index (κ3) is 3.26. The lowest BCUT2D eigenvalue weighted by Crippen LogP contribution is -2.23. The van der Waals surface area contributed by atoms with Crippen LogP contribution in [0.25, 0.3) is 0 Å². The van der Waals surface area contributed by atoms with Crippen LogP contribution in [0.2, 0.25) is 0 Å². The molecular formula is C14H18N2O3S. The average Bonchev–Trinajstić information content (AvgIpc) is 2.76. The number of hydrogen-bond donors (Lipinski definition) is 1. The van der Waals surface area contributed by atoms with Crippen molar-refractivity contribution in [1.29, 1.82) is 0 Å². The Bertz CT molecular complexity index is 685. The van der Waals surface area contributed by atoms with Crippen LogP contribution in [0.3, 0.4) is 0 Å². The molecule has 0 saturated carbocycles. The van der Waals surface area contributed by atoms with Crippen LogP contribution in [-0.2, 0) is 23.0 Å². The van der Waals surface area contributed by atoms with Crippen LogP contribution in [0.1, 0.15) is 29.8 Å². The summed E-state index contributed by atoms with van der Waals surface area (Å²) in [5.41, 5.74) is 1.75. The van der Waals surface area contributed by atoms with Gasteiger partial charge < -0.3 is 4.42 Å². The maximum absolute atomic E-state index is 12.2. The number of nitrogens with one attached hydrogen (secondary N) is 1. The minimum Gasteiger partial charge on any atom is -0.444 e. The van der Waals surface area contributed by atoms with E-state index in [-0.39, 0.29) is 11.4 Å². The van der Waals surface area contributed by atoms with E-state index in [1.165, 1.54) is 0 Å². The zero-order valence-corrected chi connectivity index (χ0v) is 12.6. The standard InChI is InChI=1S/C14H18N2O3S/c1-4-12-6-5-7-13(8-12)20(17,18)15-9-14-16-10(2)11(3)19-14/h5-8,15H,4,9H2,1-3H3. The fourth-order valence-electron chi connectivity index (χ4n) is 1.79. The van der Waals surface area contributed by atoms with Gasteiger partial charge in [0.1, 0.15) is 5.76 Å². The van der Waals surface area contributed by atoms with Crippen LogP contribution < -0.4 is 4.72 Å².